The van der Waals surface area contributed by atoms with Crippen molar-refractivity contribution in [2.45, 2.75) is 52.4 Å². The van der Waals surface area contributed by atoms with E-state index in [1.807, 2.05) is 18.2 Å². The van der Waals surface area contributed by atoms with Gasteiger partial charge in [-0.05, 0) is 22.0 Å². The molecular formula is C19H34O8P2. The van der Waals surface area contributed by atoms with Crippen LogP contribution in [-0.4, -0.2) is 51.1 Å². The van der Waals surface area contributed by atoms with Crippen molar-refractivity contribution in [2.24, 2.45) is 5.41 Å². The van der Waals surface area contributed by atoms with Crippen molar-refractivity contribution in [2.75, 3.05) is 26.4 Å². The fourth-order valence-corrected chi connectivity index (χ4v) is 3.53. The maximum atomic E-state index is 9.99. The van der Waals surface area contributed by atoms with Crippen LogP contribution in [0.2, 0.25) is 0 Å². The van der Waals surface area contributed by atoms with Crippen LogP contribution in [0.5, 0.6) is 5.75 Å². The Morgan fingerprint density at radius 2 is 1.17 bits per heavy atom. The molecule has 1 aromatic rings. The Bertz CT molecular complexity index is 594. The Morgan fingerprint density at radius 1 is 0.759 bits per heavy atom. The van der Waals surface area contributed by atoms with Gasteiger partial charge in [-0.25, -0.2) is 0 Å². The predicted octanol–water partition coefficient (Wildman–Crippen LogP) is 3.10. The Kier molecular flexibility index (Phi) is 9.88. The second-order valence-corrected chi connectivity index (χ2v) is 10.7. The number of ether oxygens (including phenoxy) is 1. The van der Waals surface area contributed by atoms with E-state index in [0.29, 0.717) is 5.75 Å². The topological polar surface area (TPSA) is 129 Å². The first-order valence-electron chi connectivity index (χ1n) is 9.21. The molecule has 0 saturated heterocycles. The second kappa shape index (κ2) is 10.8. The van der Waals surface area contributed by atoms with E-state index in [1.54, 1.807) is 0 Å². The van der Waals surface area contributed by atoms with Crippen molar-refractivity contribution in [3.8, 4) is 5.75 Å². The number of hydrogen-bond donors (Lipinski definition) is 5. The average Bonchev–Trinajstić information content (AvgIpc) is 2.59. The molecule has 0 aliphatic heterocycles. The van der Waals surface area contributed by atoms with Crippen LogP contribution in [0, 0.1) is 5.41 Å². The molecular weight excluding hydrogens is 418 g/mol. The maximum absolute atomic E-state index is 9.99. The zero-order valence-corrected chi connectivity index (χ0v) is 19.7. The van der Waals surface area contributed by atoms with E-state index in [0.717, 1.165) is 11.1 Å². The molecule has 0 aliphatic rings. The Morgan fingerprint density at radius 3 is 1.48 bits per heavy atom. The molecule has 0 atom stereocenters. The van der Waals surface area contributed by atoms with Gasteiger partial charge in [0.1, 0.15) is 12.4 Å². The van der Waals surface area contributed by atoms with Crippen molar-refractivity contribution in [1.29, 1.82) is 0 Å². The number of benzene rings is 1. The fourth-order valence-electron chi connectivity index (χ4n) is 2.75. The molecule has 0 spiro atoms. The quantitative estimate of drug-likeness (QED) is 0.343. The molecule has 8 nitrogen and oxygen atoms in total. The second-order valence-electron chi connectivity index (χ2n) is 9.18. The summed E-state index contributed by atoms with van der Waals surface area (Å²) in [7, 11) is -5.31. The minimum atomic E-state index is -2.65. The molecule has 10 heteroatoms. The van der Waals surface area contributed by atoms with Gasteiger partial charge < -0.3 is 38.5 Å². The molecule has 0 fully saturated rings. The van der Waals surface area contributed by atoms with Crippen LogP contribution < -0.4 is 4.74 Å². The van der Waals surface area contributed by atoms with Gasteiger partial charge in [-0.1, -0.05) is 59.7 Å². The molecule has 0 amide bonds. The third-order valence-corrected chi connectivity index (χ3v) is 5.18. The highest BCUT2D eigenvalue weighted by molar-refractivity contribution is 7.39. The summed E-state index contributed by atoms with van der Waals surface area (Å²) in [5.41, 5.74) is 0.327. The van der Waals surface area contributed by atoms with Crippen LogP contribution in [0.4, 0.5) is 0 Å². The number of rotatable bonds is 10. The Hall–Kier alpha value is -0.400. The minimum Gasteiger partial charge on any atom is -0.492 e. The first kappa shape index (κ1) is 26.6. The fraction of sp³-hybridized carbons (Fsp3) is 0.684. The normalized spacial score (nSPS) is 13.4. The van der Waals surface area contributed by atoms with Crippen LogP contribution in [-0.2, 0) is 19.9 Å². The van der Waals surface area contributed by atoms with Gasteiger partial charge >= 0.3 is 17.2 Å². The van der Waals surface area contributed by atoms with E-state index in [-0.39, 0.29) is 30.7 Å². The van der Waals surface area contributed by atoms with Crippen LogP contribution in [0.3, 0.4) is 0 Å². The monoisotopic (exact) mass is 452 g/mol. The summed E-state index contributed by atoms with van der Waals surface area (Å²) in [5, 5.41) is 9.99. The van der Waals surface area contributed by atoms with Crippen molar-refractivity contribution in [1.82, 2.24) is 0 Å². The van der Waals surface area contributed by atoms with Gasteiger partial charge in [0.2, 0.25) is 0 Å². The van der Waals surface area contributed by atoms with Crippen molar-refractivity contribution < 1.29 is 38.5 Å². The first-order chi connectivity index (χ1) is 13.2. The SMILES string of the molecule is CC(C)(C)c1cccc(C(C)(C)C)c1OCC(CO)(COP(O)O)COP(O)O. The number of aliphatic hydroxyl groups is 1. The van der Waals surface area contributed by atoms with E-state index in [2.05, 4.69) is 41.5 Å². The summed E-state index contributed by atoms with van der Waals surface area (Å²) in [5.74, 6) is 0.677. The van der Waals surface area contributed by atoms with E-state index in [9.17, 15) is 5.11 Å². The summed E-state index contributed by atoms with van der Waals surface area (Å²) in [6, 6.07) is 5.95. The lowest BCUT2D eigenvalue weighted by atomic mass is 9.79. The largest absolute Gasteiger partial charge is 0.492 e. The van der Waals surface area contributed by atoms with E-state index in [1.165, 1.54) is 0 Å². The average molecular weight is 452 g/mol. The minimum absolute atomic E-state index is 0.0912. The van der Waals surface area contributed by atoms with E-state index >= 15 is 0 Å². The maximum Gasteiger partial charge on any atom is 0.327 e. The smallest absolute Gasteiger partial charge is 0.327 e. The third kappa shape index (κ3) is 8.33. The lowest BCUT2D eigenvalue weighted by molar-refractivity contribution is -0.0169. The molecule has 168 valence electrons. The molecule has 1 aromatic carbocycles. The molecule has 0 radical (unpaired) electrons. The van der Waals surface area contributed by atoms with Gasteiger partial charge in [0, 0.05) is 0 Å². The van der Waals surface area contributed by atoms with E-state index < -0.39 is 29.2 Å². The first-order valence-corrected chi connectivity index (χ1v) is 11.5. The van der Waals surface area contributed by atoms with Crippen LogP contribution in [0.1, 0.15) is 52.7 Å². The van der Waals surface area contributed by atoms with Gasteiger partial charge in [-0.15, -0.1) is 0 Å². The summed E-state index contributed by atoms with van der Waals surface area (Å²) in [6.07, 6.45) is 0. The van der Waals surface area contributed by atoms with Gasteiger partial charge in [0.05, 0.1) is 25.2 Å². The zero-order chi connectivity index (χ0) is 22.5. The van der Waals surface area contributed by atoms with Gasteiger partial charge in [0.25, 0.3) is 0 Å². The van der Waals surface area contributed by atoms with Crippen molar-refractivity contribution >= 4 is 17.2 Å². The molecule has 0 unspecified atom stereocenters. The standard InChI is InChI=1S/C19H34O8P2/c1-17(2,3)14-8-7-9-15(18(4,5)6)16(14)25-11-19(10-20,12-26-28(21)22)13-27-29(23)24/h7-9,20-24H,10-13H2,1-6H3. The lowest BCUT2D eigenvalue weighted by Crippen LogP contribution is -2.41. The van der Waals surface area contributed by atoms with Crippen LogP contribution in [0.25, 0.3) is 0 Å². The summed E-state index contributed by atoms with van der Waals surface area (Å²) >= 11 is 0. The third-order valence-electron chi connectivity index (χ3n) is 4.46. The van der Waals surface area contributed by atoms with Crippen molar-refractivity contribution in [3.05, 3.63) is 29.3 Å². The highest BCUT2D eigenvalue weighted by Gasteiger charge is 2.36. The Labute approximate surface area is 175 Å². The number of aliphatic hydroxyl groups excluding tert-OH is 1. The van der Waals surface area contributed by atoms with Gasteiger partial charge in [-0.3, -0.25) is 0 Å². The molecule has 29 heavy (non-hydrogen) atoms. The molecule has 0 heterocycles. The van der Waals surface area contributed by atoms with E-state index in [4.69, 9.17) is 33.4 Å². The van der Waals surface area contributed by atoms with Crippen LogP contribution in [0.15, 0.2) is 18.2 Å². The zero-order valence-electron chi connectivity index (χ0n) is 17.9. The van der Waals surface area contributed by atoms with Gasteiger partial charge in [0.15, 0.2) is 0 Å². The Balaban J connectivity index is 3.29. The van der Waals surface area contributed by atoms with Crippen LogP contribution >= 0.6 is 17.2 Å². The summed E-state index contributed by atoms with van der Waals surface area (Å²) < 4.78 is 16.0. The highest BCUT2D eigenvalue weighted by atomic mass is 31.2. The highest BCUT2D eigenvalue weighted by Crippen LogP contribution is 2.41. The molecule has 0 saturated carbocycles. The summed E-state index contributed by atoms with van der Waals surface area (Å²) in [4.78, 5) is 36.5. The van der Waals surface area contributed by atoms with Gasteiger partial charge in [-0.2, -0.15) is 0 Å². The molecule has 5 N–H and O–H groups in total. The molecule has 0 aromatic heterocycles. The molecule has 1 rings (SSSR count). The summed E-state index contributed by atoms with van der Waals surface area (Å²) in [6.45, 7) is 11.3. The van der Waals surface area contributed by atoms with Crippen molar-refractivity contribution in [3.63, 3.8) is 0 Å². The lowest BCUT2D eigenvalue weighted by Gasteiger charge is -2.34. The predicted molar refractivity (Wildman–Crippen MR) is 113 cm³/mol. The number of hydrogen-bond acceptors (Lipinski definition) is 8. The number of para-hydroxylation sites is 1. The molecule has 0 aliphatic carbocycles. The molecule has 0 bridgehead atoms.